The lowest BCUT2D eigenvalue weighted by Crippen LogP contribution is -2.20. The van der Waals surface area contributed by atoms with Crippen molar-refractivity contribution in [2.24, 2.45) is 0 Å². The van der Waals surface area contributed by atoms with Gasteiger partial charge in [0.05, 0.1) is 12.2 Å². The first-order valence-electron chi connectivity index (χ1n) is 7.02. The summed E-state index contributed by atoms with van der Waals surface area (Å²) in [5.74, 6) is -0.384. The number of carbonyl (C=O) groups excluding carboxylic acids is 1. The lowest BCUT2D eigenvalue weighted by Gasteiger charge is -2.22. The fraction of sp³-hybridized carbons (Fsp3) is 0.533. The van der Waals surface area contributed by atoms with Crippen molar-refractivity contribution < 1.29 is 18.4 Å². The molecule has 1 aromatic rings. The highest BCUT2D eigenvalue weighted by Crippen LogP contribution is 2.50. The van der Waals surface area contributed by atoms with E-state index in [-0.39, 0.29) is 24.3 Å². The minimum atomic E-state index is -3.45. The normalized spacial score (nSPS) is 12.0. The van der Waals surface area contributed by atoms with Crippen molar-refractivity contribution in [2.75, 3.05) is 11.5 Å². The summed E-state index contributed by atoms with van der Waals surface area (Å²) in [6.07, 6.45) is -0.847. The van der Waals surface area contributed by atoms with E-state index in [1.807, 2.05) is 25.1 Å². The van der Waals surface area contributed by atoms with E-state index in [1.54, 1.807) is 33.8 Å². The minimum absolute atomic E-state index is 0.277. The van der Waals surface area contributed by atoms with Gasteiger partial charge in [0.15, 0.2) is 0 Å². The third kappa shape index (κ3) is 6.89. The fourth-order valence-corrected chi connectivity index (χ4v) is 3.76. The molecular formula is C15H24NO4P. The Morgan fingerprint density at radius 2 is 1.76 bits per heavy atom. The van der Waals surface area contributed by atoms with Gasteiger partial charge in [-0.1, -0.05) is 12.1 Å². The van der Waals surface area contributed by atoms with Crippen LogP contribution in [0.2, 0.25) is 0 Å². The van der Waals surface area contributed by atoms with Crippen molar-refractivity contribution >= 4 is 19.2 Å². The monoisotopic (exact) mass is 313 g/mol. The van der Waals surface area contributed by atoms with Crippen LogP contribution in [-0.2, 0) is 18.4 Å². The van der Waals surface area contributed by atoms with Crippen molar-refractivity contribution in [2.45, 2.75) is 46.8 Å². The van der Waals surface area contributed by atoms with E-state index in [0.717, 1.165) is 5.56 Å². The van der Waals surface area contributed by atoms with E-state index in [1.165, 1.54) is 0 Å². The number of nitrogens with one attached hydrogen (secondary N) is 1. The minimum Gasteiger partial charge on any atom is -0.326 e. The van der Waals surface area contributed by atoms with E-state index >= 15 is 0 Å². The van der Waals surface area contributed by atoms with Gasteiger partial charge in [-0.05, 0) is 52.3 Å². The predicted octanol–water partition coefficient (Wildman–Crippen LogP) is 3.98. The van der Waals surface area contributed by atoms with Crippen molar-refractivity contribution in [3.63, 3.8) is 0 Å². The summed E-state index contributed by atoms with van der Waals surface area (Å²) in [5.41, 5.74) is 1.70. The Balaban J connectivity index is 2.74. The first kappa shape index (κ1) is 17.9. The summed E-state index contributed by atoms with van der Waals surface area (Å²) in [4.78, 5) is 12.1. The molecule has 0 aliphatic heterocycles. The van der Waals surface area contributed by atoms with E-state index < -0.39 is 7.60 Å². The van der Waals surface area contributed by atoms with Crippen LogP contribution >= 0.6 is 7.60 Å². The molecule has 0 saturated heterocycles. The molecule has 118 valence electrons. The molecule has 0 unspecified atom stereocenters. The first-order chi connectivity index (χ1) is 9.70. The number of benzene rings is 1. The van der Waals surface area contributed by atoms with Gasteiger partial charge < -0.3 is 14.4 Å². The molecule has 0 aliphatic carbocycles. The maximum atomic E-state index is 12.6. The summed E-state index contributed by atoms with van der Waals surface area (Å²) < 4.78 is 23.3. The van der Waals surface area contributed by atoms with Crippen LogP contribution in [0.25, 0.3) is 0 Å². The Kier molecular flexibility index (Phi) is 6.59. The largest absolute Gasteiger partial charge is 0.340 e. The fourth-order valence-electron chi connectivity index (χ4n) is 1.84. The van der Waals surface area contributed by atoms with Crippen LogP contribution in [0.5, 0.6) is 0 Å². The second-order valence-electron chi connectivity index (χ2n) is 5.50. The zero-order valence-corrected chi connectivity index (χ0v) is 14.1. The van der Waals surface area contributed by atoms with Crippen LogP contribution in [0.15, 0.2) is 24.3 Å². The average molecular weight is 313 g/mol. The lowest BCUT2D eigenvalue weighted by atomic mass is 10.2. The number of anilines is 1. The summed E-state index contributed by atoms with van der Waals surface area (Å²) in [6.45, 7) is 8.97. The molecule has 0 heterocycles. The van der Waals surface area contributed by atoms with Gasteiger partial charge in [-0.3, -0.25) is 9.36 Å². The van der Waals surface area contributed by atoms with Crippen molar-refractivity contribution in [3.05, 3.63) is 29.8 Å². The zero-order chi connectivity index (χ0) is 16.0. The summed E-state index contributed by atoms with van der Waals surface area (Å²) in [7, 11) is -3.45. The van der Waals surface area contributed by atoms with Crippen LogP contribution in [0.4, 0.5) is 5.69 Å². The van der Waals surface area contributed by atoms with Crippen molar-refractivity contribution in [1.82, 2.24) is 0 Å². The standard InChI is InChI=1S/C15H24NO4P/c1-11(2)19-21(18,20-12(3)4)10-15(17)16-14-8-6-7-13(5)9-14/h6-9,11-12H,10H2,1-5H3,(H,16,17). The first-order valence-corrected chi connectivity index (χ1v) is 8.75. The molecule has 21 heavy (non-hydrogen) atoms. The molecule has 0 aromatic heterocycles. The number of hydrogen-bond acceptors (Lipinski definition) is 4. The van der Waals surface area contributed by atoms with Crippen LogP contribution in [0.3, 0.4) is 0 Å². The Morgan fingerprint density at radius 1 is 1.19 bits per heavy atom. The summed E-state index contributed by atoms with van der Waals surface area (Å²) in [5, 5.41) is 2.71. The number of rotatable bonds is 7. The van der Waals surface area contributed by atoms with Gasteiger partial charge in [-0.15, -0.1) is 0 Å². The zero-order valence-electron chi connectivity index (χ0n) is 13.3. The molecule has 0 spiro atoms. The SMILES string of the molecule is Cc1cccc(NC(=O)CP(=O)(OC(C)C)OC(C)C)c1. The van der Waals surface area contributed by atoms with Gasteiger partial charge in [0, 0.05) is 5.69 Å². The number of amides is 1. The topological polar surface area (TPSA) is 64.6 Å². The summed E-state index contributed by atoms with van der Waals surface area (Å²) in [6, 6.07) is 7.40. The summed E-state index contributed by atoms with van der Waals surface area (Å²) >= 11 is 0. The number of hydrogen-bond donors (Lipinski definition) is 1. The van der Waals surface area contributed by atoms with Gasteiger partial charge in [0.1, 0.15) is 6.16 Å². The van der Waals surface area contributed by atoms with E-state index in [9.17, 15) is 9.36 Å². The Hall–Kier alpha value is -1.16. The molecule has 1 N–H and O–H groups in total. The van der Waals surface area contributed by atoms with Gasteiger partial charge in [0.2, 0.25) is 5.91 Å². The number of carbonyl (C=O) groups is 1. The Labute approximate surface area is 126 Å². The highest BCUT2D eigenvalue weighted by molar-refractivity contribution is 7.55. The quantitative estimate of drug-likeness (QED) is 0.773. The molecule has 0 atom stereocenters. The van der Waals surface area contributed by atoms with Crippen LogP contribution in [0, 0.1) is 6.92 Å². The smallest absolute Gasteiger partial charge is 0.326 e. The van der Waals surface area contributed by atoms with Crippen LogP contribution < -0.4 is 5.32 Å². The van der Waals surface area contributed by atoms with Crippen molar-refractivity contribution in [3.8, 4) is 0 Å². The molecule has 1 amide bonds. The van der Waals surface area contributed by atoms with Gasteiger partial charge in [-0.25, -0.2) is 0 Å². The van der Waals surface area contributed by atoms with E-state index in [0.29, 0.717) is 5.69 Å². The van der Waals surface area contributed by atoms with E-state index in [2.05, 4.69) is 5.32 Å². The van der Waals surface area contributed by atoms with Gasteiger partial charge in [-0.2, -0.15) is 0 Å². The van der Waals surface area contributed by atoms with Crippen LogP contribution in [-0.4, -0.2) is 24.3 Å². The van der Waals surface area contributed by atoms with Gasteiger partial charge in [0.25, 0.3) is 0 Å². The highest BCUT2D eigenvalue weighted by Gasteiger charge is 2.31. The maximum Gasteiger partial charge on any atom is 0.340 e. The molecule has 0 bridgehead atoms. The maximum absolute atomic E-state index is 12.6. The highest BCUT2D eigenvalue weighted by atomic mass is 31.2. The van der Waals surface area contributed by atoms with Crippen molar-refractivity contribution in [1.29, 1.82) is 0 Å². The molecule has 0 radical (unpaired) electrons. The van der Waals surface area contributed by atoms with Crippen LogP contribution in [0.1, 0.15) is 33.3 Å². The molecule has 0 aliphatic rings. The predicted molar refractivity (Wildman–Crippen MR) is 84.7 cm³/mol. The number of aryl methyl sites for hydroxylation is 1. The Bertz CT molecular complexity index is 514. The second-order valence-corrected chi connectivity index (χ2v) is 7.45. The molecule has 1 rings (SSSR count). The van der Waals surface area contributed by atoms with Gasteiger partial charge >= 0.3 is 7.60 Å². The molecule has 5 nitrogen and oxygen atoms in total. The third-order valence-corrected chi connectivity index (χ3v) is 4.54. The Morgan fingerprint density at radius 3 is 2.24 bits per heavy atom. The second kappa shape index (κ2) is 7.74. The molecular weight excluding hydrogens is 289 g/mol. The average Bonchev–Trinajstić information content (AvgIpc) is 2.24. The molecule has 0 saturated carbocycles. The third-order valence-electron chi connectivity index (χ3n) is 2.38. The molecule has 0 fully saturated rings. The lowest BCUT2D eigenvalue weighted by molar-refractivity contribution is -0.114. The van der Waals surface area contributed by atoms with E-state index in [4.69, 9.17) is 9.05 Å². The molecule has 1 aromatic carbocycles. The molecule has 6 heteroatoms.